The molecule has 2 fully saturated rings. The lowest BCUT2D eigenvalue weighted by Crippen LogP contribution is -2.39. The molecule has 0 bridgehead atoms. The Kier molecular flexibility index (Phi) is 6.14. The molecule has 5 nitrogen and oxygen atoms in total. The first-order chi connectivity index (χ1) is 16.1. The Morgan fingerprint density at radius 3 is 2.30 bits per heavy atom. The second-order valence-electron chi connectivity index (χ2n) is 9.18. The van der Waals surface area contributed by atoms with Gasteiger partial charge in [-0.1, -0.05) is 61.0 Å². The van der Waals surface area contributed by atoms with Gasteiger partial charge in [-0.05, 0) is 56.0 Å². The smallest absolute Gasteiger partial charge is 0.254 e. The Morgan fingerprint density at radius 1 is 0.909 bits per heavy atom. The van der Waals surface area contributed by atoms with Crippen molar-refractivity contribution < 1.29 is 9.53 Å². The summed E-state index contributed by atoms with van der Waals surface area (Å²) in [5.41, 5.74) is 2.94. The normalized spacial score (nSPS) is 17.5. The van der Waals surface area contributed by atoms with Crippen LogP contribution in [0.25, 0.3) is 0 Å². The van der Waals surface area contributed by atoms with E-state index < -0.39 is 0 Å². The number of ether oxygens (including phenoxy) is 1. The van der Waals surface area contributed by atoms with Crippen molar-refractivity contribution >= 4 is 5.78 Å². The largest absolute Gasteiger partial charge is 0.489 e. The Labute approximate surface area is 194 Å². The Morgan fingerprint density at radius 2 is 1.64 bits per heavy atom. The van der Waals surface area contributed by atoms with Crippen molar-refractivity contribution in [1.29, 1.82) is 0 Å². The second kappa shape index (κ2) is 9.36. The van der Waals surface area contributed by atoms with Gasteiger partial charge in [0.2, 0.25) is 0 Å². The summed E-state index contributed by atoms with van der Waals surface area (Å²) >= 11 is 0. The number of aromatic nitrogens is 1. The molecule has 1 aliphatic carbocycles. The second-order valence-corrected chi connectivity index (χ2v) is 9.18. The maximum atomic E-state index is 12.8. The SMILES string of the molecule is O=C(Cn1ccc(OCc2ccccc2)cc1=O)c1ccc(C2(N3CCCCC3)CC2)cc1. The van der Waals surface area contributed by atoms with Gasteiger partial charge in [-0.25, -0.2) is 0 Å². The molecule has 2 aliphatic rings. The standard InChI is InChI=1S/C28H30N2O3/c31-26(20-29-18-13-25(19-27(29)32)33-21-22-7-3-1-4-8-22)23-9-11-24(12-10-23)28(14-15-28)30-16-5-2-6-17-30/h1,3-4,7-13,18-19H,2,5-6,14-17,20-21H2. The predicted molar refractivity (Wildman–Crippen MR) is 129 cm³/mol. The van der Waals surface area contributed by atoms with E-state index in [9.17, 15) is 9.59 Å². The molecule has 2 aromatic carbocycles. The molecule has 1 aromatic heterocycles. The summed E-state index contributed by atoms with van der Waals surface area (Å²) in [5, 5.41) is 0. The molecule has 0 unspecified atom stereocenters. The fraction of sp³-hybridized carbons (Fsp3) is 0.357. The molecule has 1 saturated heterocycles. The van der Waals surface area contributed by atoms with Gasteiger partial charge in [-0.2, -0.15) is 0 Å². The molecule has 0 N–H and O–H groups in total. The van der Waals surface area contributed by atoms with Crippen LogP contribution >= 0.6 is 0 Å². The fourth-order valence-electron chi connectivity index (χ4n) is 4.89. The number of hydrogen-bond acceptors (Lipinski definition) is 4. The monoisotopic (exact) mass is 442 g/mol. The molecular weight excluding hydrogens is 412 g/mol. The van der Waals surface area contributed by atoms with E-state index in [2.05, 4.69) is 17.0 Å². The van der Waals surface area contributed by atoms with Gasteiger partial charge in [-0.3, -0.25) is 14.5 Å². The average molecular weight is 443 g/mol. The highest BCUT2D eigenvalue weighted by Gasteiger charge is 2.49. The number of pyridine rings is 1. The van der Waals surface area contributed by atoms with Gasteiger partial charge >= 0.3 is 0 Å². The topological polar surface area (TPSA) is 51.5 Å². The van der Waals surface area contributed by atoms with E-state index in [0.717, 1.165) is 5.56 Å². The minimum atomic E-state index is -0.243. The Bertz CT molecular complexity index is 1160. The number of hydrogen-bond donors (Lipinski definition) is 0. The predicted octanol–water partition coefficient (Wildman–Crippen LogP) is 4.79. The number of ketones is 1. The van der Waals surface area contributed by atoms with E-state index in [1.165, 1.54) is 61.4 Å². The van der Waals surface area contributed by atoms with Crippen LogP contribution in [0.2, 0.25) is 0 Å². The van der Waals surface area contributed by atoms with Crippen LogP contribution in [0.5, 0.6) is 5.75 Å². The van der Waals surface area contributed by atoms with E-state index in [1.54, 1.807) is 12.3 Å². The molecule has 0 radical (unpaired) electrons. The number of nitrogens with zero attached hydrogens (tertiary/aromatic N) is 2. The van der Waals surface area contributed by atoms with Gasteiger partial charge in [-0.15, -0.1) is 0 Å². The molecule has 5 heteroatoms. The molecule has 1 aliphatic heterocycles. The highest BCUT2D eigenvalue weighted by Crippen LogP contribution is 2.51. The average Bonchev–Trinajstić information content (AvgIpc) is 3.68. The molecule has 3 aromatic rings. The first-order valence-corrected chi connectivity index (χ1v) is 11.9. The van der Waals surface area contributed by atoms with Crippen LogP contribution in [0, 0.1) is 0 Å². The van der Waals surface area contributed by atoms with Crippen LogP contribution in [0.1, 0.15) is 53.6 Å². The third-order valence-electron chi connectivity index (χ3n) is 6.96. The number of benzene rings is 2. The lowest BCUT2D eigenvalue weighted by atomic mass is 9.97. The van der Waals surface area contributed by atoms with E-state index in [0.29, 0.717) is 17.9 Å². The first kappa shape index (κ1) is 21.7. The van der Waals surface area contributed by atoms with Crippen LogP contribution < -0.4 is 10.3 Å². The lowest BCUT2D eigenvalue weighted by molar-refractivity contribution is 0.0970. The molecule has 0 atom stereocenters. The minimum absolute atomic E-state index is 0.0222. The van der Waals surface area contributed by atoms with Gasteiger partial charge < -0.3 is 9.30 Å². The zero-order chi connectivity index (χ0) is 22.7. The Balaban J connectivity index is 1.22. The van der Waals surface area contributed by atoms with Crippen LogP contribution in [0.15, 0.2) is 77.7 Å². The summed E-state index contributed by atoms with van der Waals surface area (Å²) in [7, 11) is 0. The lowest BCUT2D eigenvalue weighted by Gasteiger charge is -2.35. The number of carbonyl (C=O) groups is 1. The number of carbonyl (C=O) groups excluding carboxylic acids is 1. The maximum Gasteiger partial charge on any atom is 0.254 e. The third-order valence-corrected chi connectivity index (χ3v) is 6.96. The number of Topliss-reactive ketones (excluding diaryl/α,β-unsaturated/α-hetero) is 1. The van der Waals surface area contributed by atoms with E-state index in [4.69, 9.17) is 4.74 Å². The van der Waals surface area contributed by atoms with Gasteiger partial charge in [0.05, 0.1) is 6.54 Å². The minimum Gasteiger partial charge on any atom is -0.489 e. The van der Waals surface area contributed by atoms with Crippen molar-refractivity contribution in [1.82, 2.24) is 9.47 Å². The van der Waals surface area contributed by atoms with Gasteiger partial charge in [0, 0.05) is 23.4 Å². The van der Waals surface area contributed by atoms with E-state index in [-0.39, 0.29) is 23.4 Å². The highest BCUT2D eigenvalue weighted by atomic mass is 16.5. The molecule has 5 rings (SSSR count). The van der Waals surface area contributed by atoms with Gasteiger partial charge in [0.15, 0.2) is 5.78 Å². The molecule has 0 amide bonds. The summed E-state index contributed by atoms with van der Waals surface area (Å²) in [6, 6.07) is 21.0. The summed E-state index contributed by atoms with van der Waals surface area (Å²) < 4.78 is 7.15. The third kappa shape index (κ3) is 4.79. The van der Waals surface area contributed by atoms with Crippen molar-refractivity contribution in [2.75, 3.05) is 13.1 Å². The van der Waals surface area contributed by atoms with Crippen molar-refractivity contribution in [3.8, 4) is 5.75 Å². The van der Waals surface area contributed by atoms with Crippen LogP contribution in [0.3, 0.4) is 0 Å². The summed E-state index contributed by atoms with van der Waals surface area (Å²) in [6.45, 7) is 2.77. The number of rotatable bonds is 8. The van der Waals surface area contributed by atoms with E-state index >= 15 is 0 Å². The zero-order valence-electron chi connectivity index (χ0n) is 18.9. The Hall–Kier alpha value is -3.18. The van der Waals surface area contributed by atoms with Crippen molar-refractivity contribution in [3.63, 3.8) is 0 Å². The highest BCUT2D eigenvalue weighted by molar-refractivity contribution is 5.95. The first-order valence-electron chi connectivity index (χ1n) is 11.9. The quantitative estimate of drug-likeness (QED) is 0.471. The van der Waals surface area contributed by atoms with Crippen LogP contribution in [-0.4, -0.2) is 28.3 Å². The van der Waals surface area contributed by atoms with Gasteiger partial charge in [0.1, 0.15) is 12.4 Å². The number of likely N-dealkylation sites (tertiary alicyclic amines) is 1. The molecule has 0 spiro atoms. The molecule has 170 valence electrons. The van der Waals surface area contributed by atoms with Crippen LogP contribution in [-0.2, 0) is 18.7 Å². The van der Waals surface area contributed by atoms with E-state index in [1.807, 2.05) is 42.5 Å². The molecule has 2 heterocycles. The maximum absolute atomic E-state index is 12.8. The molecule has 33 heavy (non-hydrogen) atoms. The number of piperidine rings is 1. The zero-order valence-corrected chi connectivity index (χ0v) is 18.9. The molecular formula is C28H30N2O3. The van der Waals surface area contributed by atoms with Crippen molar-refractivity contribution in [2.24, 2.45) is 0 Å². The summed E-state index contributed by atoms with van der Waals surface area (Å²) in [6.07, 6.45) is 7.93. The van der Waals surface area contributed by atoms with Gasteiger partial charge in [0.25, 0.3) is 5.56 Å². The van der Waals surface area contributed by atoms with Crippen molar-refractivity contribution in [3.05, 3.63) is 100.0 Å². The summed E-state index contributed by atoms with van der Waals surface area (Å²) in [4.78, 5) is 28.0. The van der Waals surface area contributed by atoms with Crippen molar-refractivity contribution in [2.45, 2.75) is 50.8 Å². The molecule has 1 saturated carbocycles. The van der Waals surface area contributed by atoms with Crippen LogP contribution in [0.4, 0.5) is 0 Å². The fourth-order valence-corrected chi connectivity index (χ4v) is 4.89. The summed E-state index contributed by atoms with van der Waals surface area (Å²) in [5.74, 6) is 0.439.